The number of rotatable bonds is 8. The Morgan fingerprint density at radius 3 is 2.73 bits per heavy atom. The maximum Gasteiger partial charge on any atom is 0.243 e. The molecule has 2 N–H and O–H groups in total. The second kappa shape index (κ2) is 9.10. The molecule has 26 heavy (non-hydrogen) atoms. The summed E-state index contributed by atoms with van der Waals surface area (Å²) >= 11 is 0. The van der Waals surface area contributed by atoms with E-state index in [1.165, 1.54) is 0 Å². The minimum Gasteiger partial charge on any atom is -0.497 e. The highest BCUT2D eigenvalue weighted by atomic mass is 16.5. The third kappa shape index (κ3) is 5.13. The molecule has 2 aromatic carbocycles. The van der Waals surface area contributed by atoms with Crippen molar-refractivity contribution in [2.24, 2.45) is 0 Å². The van der Waals surface area contributed by atoms with Gasteiger partial charge in [0.1, 0.15) is 18.1 Å². The molecule has 0 aliphatic carbocycles. The average Bonchev–Trinajstić information content (AvgIpc) is 3.20. The quantitative estimate of drug-likeness (QED) is 0.759. The highest BCUT2D eigenvalue weighted by Crippen LogP contribution is 2.25. The van der Waals surface area contributed by atoms with Gasteiger partial charge in [-0.25, -0.2) is 0 Å². The van der Waals surface area contributed by atoms with E-state index in [1.807, 2.05) is 48.5 Å². The van der Waals surface area contributed by atoms with Crippen molar-refractivity contribution in [3.8, 4) is 11.5 Å². The largest absolute Gasteiger partial charge is 0.497 e. The maximum atomic E-state index is 12.2. The minimum absolute atomic E-state index is 0.135. The molecule has 1 unspecified atom stereocenters. The molecular weight excluding hydrogens is 332 g/mol. The molecular formula is C20H24N2O4. The van der Waals surface area contributed by atoms with Gasteiger partial charge in [0.25, 0.3) is 0 Å². The van der Waals surface area contributed by atoms with E-state index in [0.29, 0.717) is 18.0 Å². The Balaban J connectivity index is 1.51. The summed E-state index contributed by atoms with van der Waals surface area (Å²) in [5.74, 6) is 1.28. The van der Waals surface area contributed by atoms with Gasteiger partial charge < -0.3 is 24.8 Å². The van der Waals surface area contributed by atoms with Gasteiger partial charge >= 0.3 is 0 Å². The van der Waals surface area contributed by atoms with Gasteiger partial charge in [0.05, 0.1) is 25.4 Å². The molecule has 0 saturated carbocycles. The number of nitrogens with one attached hydrogen (secondary N) is 2. The standard InChI is InChI=1S/C20H24N2O4/c1-24-16-10-8-15(9-11-16)21-13-20(23)22-18-6-2-3-7-19(18)26-14-17-5-4-12-25-17/h2-3,6-11,17,21H,4-5,12-14H2,1H3,(H,22,23). The van der Waals surface area contributed by atoms with E-state index in [4.69, 9.17) is 14.2 Å². The number of methoxy groups -OCH3 is 1. The lowest BCUT2D eigenvalue weighted by molar-refractivity contribution is -0.114. The summed E-state index contributed by atoms with van der Waals surface area (Å²) in [7, 11) is 1.62. The van der Waals surface area contributed by atoms with Gasteiger partial charge in [-0.05, 0) is 49.2 Å². The van der Waals surface area contributed by atoms with E-state index in [2.05, 4.69) is 10.6 Å². The predicted octanol–water partition coefficient (Wildman–Crippen LogP) is 3.30. The normalized spacial score (nSPS) is 16.1. The van der Waals surface area contributed by atoms with Crippen LogP contribution in [0.3, 0.4) is 0 Å². The number of hydrogen-bond acceptors (Lipinski definition) is 5. The van der Waals surface area contributed by atoms with E-state index in [0.717, 1.165) is 30.9 Å². The Kier molecular flexibility index (Phi) is 6.33. The molecule has 3 rings (SSSR count). The third-order valence-electron chi connectivity index (χ3n) is 4.15. The molecule has 1 atom stereocenters. The van der Waals surface area contributed by atoms with E-state index in [-0.39, 0.29) is 18.6 Å². The zero-order valence-electron chi connectivity index (χ0n) is 14.9. The van der Waals surface area contributed by atoms with E-state index in [9.17, 15) is 4.79 Å². The summed E-state index contributed by atoms with van der Waals surface area (Å²) in [5, 5.41) is 5.97. The fourth-order valence-corrected chi connectivity index (χ4v) is 2.74. The van der Waals surface area contributed by atoms with Crippen molar-refractivity contribution in [1.29, 1.82) is 0 Å². The fraction of sp³-hybridized carbons (Fsp3) is 0.350. The van der Waals surface area contributed by atoms with Crippen molar-refractivity contribution in [3.05, 3.63) is 48.5 Å². The first-order valence-corrected chi connectivity index (χ1v) is 8.76. The molecule has 1 aliphatic heterocycles. The number of anilines is 2. The number of ether oxygens (including phenoxy) is 3. The third-order valence-corrected chi connectivity index (χ3v) is 4.15. The minimum atomic E-state index is -0.144. The molecule has 6 heteroatoms. The summed E-state index contributed by atoms with van der Waals surface area (Å²) in [4.78, 5) is 12.2. The SMILES string of the molecule is COc1ccc(NCC(=O)Nc2ccccc2OCC2CCCO2)cc1. The summed E-state index contributed by atoms with van der Waals surface area (Å²) in [6.07, 6.45) is 2.22. The van der Waals surface area contributed by atoms with Gasteiger partial charge in [-0.3, -0.25) is 4.79 Å². The molecule has 2 aromatic rings. The van der Waals surface area contributed by atoms with Gasteiger partial charge in [-0.1, -0.05) is 12.1 Å². The Labute approximate surface area is 153 Å². The highest BCUT2D eigenvalue weighted by molar-refractivity contribution is 5.95. The lowest BCUT2D eigenvalue weighted by Crippen LogP contribution is -2.22. The number of para-hydroxylation sites is 2. The fourth-order valence-electron chi connectivity index (χ4n) is 2.74. The average molecular weight is 356 g/mol. The second-order valence-electron chi connectivity index (χ2n) is 6.07. The molecule has 0 aromatic heterocycles. The molecule has 1 amide bonds. The molecule has 1 heterocycles. The number of carbonyl (C=O) groups is 1. The van der Waals surface area contributed by atoms with Crippen LogP contribution < -0.4 is 20.1 Å². The van der Waals surface area contributed by atoms with Gasteiger partial charge in [-0.15, -0.1) is 0 Å². The van der Waals surface area contributed by atoms with Crippen molar-refractivity contribution < 1.29 is 19.0 Å². The van der Waals surface area contributed by atoms with E-state index < -0.39 is 0 Å². The van der Waals surface area contributed by atoms with Gasteiger partial charge in [-0.2, -0.15) is 0 Å². The summed E-state index contributed by atoms with van der Waals surface area (Å²) in [5.41, 5.74) is 1.51. The van der Waals surface area contributed by atoms with Crippen molar-refractivity contribution in [2.75, 3.05) is 37.5 Å². The van der Waals surface area contributed by atoms with Crippen LogP contribution in [0.2, 0.25) is 0 Å². The Bertz CT molecular complexity index is 712. The van der Waals surface area contributed by atoms with Crippen LogP contribution >= 0.6 is 0 Å². The first-order chi connectivity index (χ1) is 12.7. The van der Waals surface area contributed by atoms with Gasteiger partial charge in [0, 0.05) is 12.3 Å². The summed E-state index contributed by atoms with van der Waals surface area (Å²) in [6.45, 7) is 1.45. The molecule has 0 radical (unpaired) electrons. The molecule has 6 nitrogen and oxygen atoms in total. The first-order valence-electron chi connectivity index (χ1n) is 8.76. The van der Waals surface area contributed by atoms with Crippen LogP contribution in [0.1, 0.15) is 12.8 Å². The number of carbonyl (C=O) groups excluding carboxylic acids is 1. The molecule has 1 aliphatic rings. The molecule has 138 valence electrons. The van der Waals surface area contributed by atoms with Crippen LogP contribution in [-0.4, -0.2) is 38.9 Å². The lowest BCUT2D eigenvalue weighted by Gasteiger charge is -2.15. The monoisotopic (exact) mass is 356 g/mol. The summed E-state index contributed by atoms with van der Waals surface area (Å²) in [6, 6.07) is 14.8. The van der Waals surface area contributed by atoms with Crippen LogP contribution in [0, 0.1) is 0 Å². The number of amides is 1. The second-order valence-corrected chi connectivity index (χ2v) is 6.07. The molecule has 1 saturated heterocycles. The Hall–Kier alpha value is -2.73. The Morgan fingerprint density at radius 2 is 2.00 bits per heavy atom. The van der Waals surface area contributed by atoms with Gasteiger partial charge in [0.15, 0.2) is 0 Å². The zero-order chi connectivity index (χ0) is 18.2. The Morgan fingerprint density at radius 1 is 1.19 bits per heavy atom. The lowest BCUT2D eigenvalue weighted by atomic mass is 10.2. The highest BCUT2D eigenvalue weighted by Gasteiger charge is 2.17. The topological polar surface area (TPSA) is 68.8 Å². The predicted molar refractivity (Wildman–Crippen MR) is 101 cm³/mol. The smallest absolute Gasteiger partial charge is 0.243 e. The number of hydrogen-bond donors (Lipinski definition) is 2. The number of benzene rings is 2. The van der Waals surface area contributed by atoms with Crippen LogP contribution in [0.25, 0.3) is 0 Å². The van der Waals surface area contributed by atoms with Crippen molar-refractivity contribution >= 4 is 17.3 Å². The summed E-state index contributed by atoms with van der Waals surface area (Å²) < 4.78 is 16.5. The van der Waals surface area contributed by atoms with E-state index >= 15 is 0 Å². The van der Waals surface area contributed by atoms with Crippen molar-refractivity contribution in [3.63, 3.8) is 0 Å². The van der Waals surface area contributed by atoms with Crippen LogP contribution in [0.15, 0.2) is 48.5 Å². The maximum absolute atomic E-state index is 12.2. The molecule has 0 bridgehead atoms. The van der Waals surface area contributed by atoms with Crippen LogP contribution in [0.4, 0.5) is 11.4 Å². The van der Waals surface area contributed by atoms with E-state index in [1.54, 1.807) is 7.11 Å². The molecule has 0 spiro atoms. The zero-order valence-corrected chi connectivity index (χ0v) is 14.9. The molecule has 1 fully saturated rings. The van der Waals surface area contributed by atoms with Crippen LogP contribution in [-0.2, 0) is 9.53 Å². The first kappa shape index (κ1) is 18.1. The van der Waals surface area contributed by atoms with Crippen molar-refractivity contribution in [1.82, 2.24) is 0 Å². The van der Waals surface area contributed by atoms with Gasteiger partial charge in [0.2, 0.25) is 5.91 Å². The van der Waals surface area contributed by atoms with Crippen molar-refractivity contribution in [2.45, 2.75) is 18.9 Å². The van der Waals surface area contributed by atoms with Crippen LogP contribution in [0.5, 0.6) is 11.5 Å².